The Morgan fingerprint density at radius 2 is 2.04 bits per heavy atom. The summed E-state index contributed by atoms with van der Waals surface area (Å²) in [6, 6.07) is 5.07. The molecule has 0 fully saturated rings. The van der Waals surface area contributed by atoms with Crippen LogP contribution in [0.1, 0.15) is 23.9 Å². The van der Waals surface area contributed by atoms with E-state index >= 15 is 0 Å². The maximum Gasteiger partial charge on any atom is 0.234 e. The largest absolute Gasteiger partial charge is 0.495 e. The second-order valence-corrected chi connectivity index (χ2v) is 6.43. The lowest BCUT2D eigenvalue weighted by atomic mass is 10.2. The number of aromatic nitrogens is 1. The van der Waals surface area contributed by atoms with Crippen molar-refractivity contribution >= 4 is 35.0 Å². The number of carbonyl (C=O) groups excluding carboxylic acids is 2. The summed E-state index contributed by atoms with van der Waals surface area (Å²) in [5, 5.41) is 9.38. The Labute approximate surface area is 150 Å². The number of nitrogens with zero attached hydrogens (tertiary/aromatic N) is 1. The molecule has 1 aromatic heterocycles. The van der Waals surface area contributed by atoms with Gasteiger partial charge in [-0.2, -0.15) is 0 Å². The number of hydrogen-bond acceptors (Lipinski definition) is 6. The molecule has 0 radical (unpaired) electrons. The first-order valence-corrected chi connectivity index (χ1v) is 8.81. The van der Waals surface area contributed by atoms with Crippen LogP contribution in [0.15, 0.2) is 22.7 Å². The summed E-state index contributed by atoms with van der Waals surface area (Å²) in [4.78, 5) is 23.4. The lowest BCUT2D eigenvalue weighted by Crippen LogP contribution is -2.15. The van der Waals surface area contributed by atoms with E-state index in [0.29, 0.717) is 22.9 Å². The van der Waals surface area contributed by atoms with E-state index in [1.807, 2.05) is 13.8 Å². The van der Waals surface area contributed by atoms with Crippen molar-refractivity contribution in [3.8, 4) is 5.75 Å². The number of thioether (sulfide) groups is 1. The number of nitrogens with one attached hydrogen (secondary N) is 2. The van der Waals surface area contributed by atoms with Crippen molar-refractivity contribution in [1.82, 2.24) is 5.16 Å². The molecular formula is C17H21N3O4S. The molecule has 0 bridgehead atoms. The van der Waals surface area contributed by atoms with Gasteiger partial charge >= 0.3 is 0 Å². The Hall–Kier alpha value is -2.48. The van der Waals surface area contributed by atoms with E-state index in [1.165, 1.54) is 25.8 Å². The van der Waals surface area contributed by atoms with Gasteiger partial charge in [0, 0.05) is 23.9 Å². The quantitative estimate of drug-likeness (QED) is 0.785. The van der Waals surface area contributed by atoms with E-state index < -0.39 is 0 Å². The van der Waals surface area contributed by atoms with Crippen LogP contribution >= 0.6 is 11.8 Å². The third-order valence-corrected chi connectivity index (χ3v) is 4.41. The standard InChI is InChI=1S/C17H21N3O4S/c1-10-14(11(2)24-20-10)8-25-9-17(22)19-15-7-13(18-12(3)21)5-6-16(15)23-4/h5-7H,8-9H2,1-4H3,(H,18,21)(H,19,22). The summed E-state index contributed by atoms with van der Waals surface area (Å²) in [6.07, 6.45) is 0. The maximum atomic E-state index is 12.2. The molecule has 25 heavy (non-hydrogen) atoms. The minimum Gasteiger partial charge on any atom is -0.495 e. The molecule has 1 heterocycles. The van der Waals surface area contributed by atoms with Crippen LogP contribution in [0.25, 0.3) is 0 Å². The molecule has 0 saturated carbocycles. The highest BCUT2D eigenvalue weighted by molar-refractivity contribution is 7.99. The first-order valence-electron chi connectivity index (χ1n) is 7.65. The zero-order chi connectivity index (χ0) is 18.4. The molecule has 2 aromatic rings. The molecule has 2 rings (SSSR count). The van der Waals surface area contributed by atoms with Crippen LogP contribution in [-0.4, -0.2) is 29.8 Å². The van der Waals surface area contributed by atoms with E-state index in [1.54, 1.807) is 18.2 Å². The van der Waals surface area contributed by atoms with Crippen LogP contribution in [-0.2, 0) is 15.3 Å². The van der Waals surface area contributed by atoms with Gasteiger partial charge in [0.05, 0.1) is 24.2 Å². The number of benzene rings is 1. The third-order valence-electron chi connectivity index (χ3n) is 3.45. The Balaban J connectivity index is 1.96. The minimum atomic E-state index is -0.183. The molecule has 0 aliphatic rings. The molecule has 134 valence electrons. The Bertz CT molecular complexity index is 754. The zero-order valence-corrected chi connectivity index (χ0v) is 15.5. The van der Waals surface area contributed by atoms with Crippen LogP contribution in [0.3, 0.4) is 0 Å². The zero-order valence-electron chi connectivity index (χ0n) is 14.6. The van der Waals surface area contributed by atoms with Gasteiger partial charge in [-0.1, -0.05) is 5.16 Å². The average molecular weight is 363 g/mol. The van der Waals surface area contributed by atoms with Gasteiger partial charge in [-0.3, -0.25) is 9.59 Å². The second-order valence-electron chi connectivity index (χ2n) is 5.44. The van der Waals surface area contributed by atoms with Crippen molar-refractivity contribution in [2.45, 2.75) is 26.5 Å². The molecule has 1 aromatic carbocycles. The number of anilines is 2. The van der Waals surface area contributed by atoms with Crippen molar-refractivity contribution < 1.29 is 18.8 Å². The van der Waals surface area contributed by atoms with Gasteiger partial charge in [0.2, 0.25) is 11.8 Å². The van der Waals surface area contributed by atoms with E-state index in [0.717, 1.165) is 17.0 Å². The molecule has 8 heteroatoms. The highest BCUT2D eigenvalue weighted by Gasteiger charge is 2.12. The highest BCUT2D eigenvalue weighted by atomic mass is 32.2. The average Bonchev–Trinajstić information content (AvgIpc) is 2.86. The maximum absolute atomic E-state index is 12.2. The molecule has 0 aliphatic carbocycles. The summed E-state index contributed by atoms with van der Waals surface area (Å²) < 4.78 is 10.4. The molecule has 0 atom stereocenters. The fourth-order valence-electron chi connectivity index (χ4n) is 2.23. The number of ether oxygens (including phenoxy) is 1. The molecule has 0 aliphatic heterocycles. The second kappa shape index (κ2) is 8.57. The van der Waals surface area contributed by atoms with Gasteiger partial charge in [0.25, 0.3) is 0 Å². The Morgan fingerprint density at radius 3 is 2.64 bits per heavy atom. The predicted octanol–water partition coefficient (Wildman–Crippen LogP) is 3.13. The Morgan fingerprint density at radius 1 is 1.28 bits per heavy atom. The molecule has 0 saturated heterocycles. The van der Waals surface area contributed by atoms with Crippen LogP contribution < -0.4 is 15.4 Å². The van der Waals surface area contributed by atoms with E-state index in [9.17, 15) is 9.59 Å². The summed E-state index contributed by atoms with van der Waals surface area (Å²) in [5.74, 6) is 1.88. The van der Waals surface area contributed by atoms with Crippen LogP contribution in [0.2, 0.25) is 0 Å². The number of hydrogen-bond donors (Lipinski definition) is 2. The first kappa shape index (κ1) is 18.9. The lowest BCUT2D eigenvalue weighted by Gasteiger charge is -2.12. The third kappa shape index (κ3) is 5.25. The van der Waals surface area contributed by atoms with Crippen molar-refractivity contribution in [2.24, 2.45) is 0 Å². The minimum absolute atomic E-state index is 0.157. The fraction of sp³-hybridized carbons (Fsp3) is 0.353. The highest BCUT2D eigenvalue weighted by Crippen LogP contribution is 2.28. The van der Waals surface area contributed by atoms with Crippen LogP contribution in [0, 0.1) is 13.8 Å². The van der Waals surface area contributed by atoms with Crippen molar-refractivity contribution in [2.75, 3.05) is 23.5 Å². The summed E-state index contributed by atoms with van der Waals surface area (Å²) in [6.45, 7) is 5.16. The number of methoxy groups -OCH3 is 1. The summed E-state index contributed by atoms with van der Waals surface area (Å²) >= 11 is 1.47. The van der Waals surface area contributed by atoms with E-state index in [2.05, 4.69) is 15.8 Å². The van der Waals surface area contributed by atoms with Gasteiger partial charge in [-0.15, -0.1) is 11.8 Å². The summed E-state index contributed by atoms with van der Waals surface area (Å²) in [7, 11) is 1.52. The molecule has 2 N–H and O–H groups in total. The number of aryl methyl sites for hydroxylation is 2. The number of amides is 2. The van der Waals surface area contributed by atoms with Gasteiger partial charge in [0.15, 0.2) is 0 Å². The van der Waals surface area contributed by atoms with Gasteiger partial charge in [-0.05, 0) is 32.0 Å². The lowest BCUT2D eigenvalue weighted by molar-refractivity contribution is -0.114. The summed E-state index contributed by atoms with van der Waals surface area (Å²) in [5.41, 5.74) is 2.96. The molecule has 7 nitrogen and oxygen atoms in total. The van der Waals surface area contributed by atoms with Crippen molar-refractivity contribution in [3.63, 3.8) is 0 Å². The van der Waals surface area contributed by atoms with Crippen LogP contribution in [0.4, 0.5) is 11.4 Å². The van der Waals surface area contributed by atoms with E-state index in [4.69, 9.17) is 9.26 Å². The predicted molar refractivity (Wildman–Crippen MR) is 98.1 cm³/mol. The molecule has 0 unspecified atom stereocenters. The van der Waals surface area contributed by atoms with Gasteiger partial charge in [-0.25, -0.2) is 0 Å². The first-order chi connectivity index (χ1) is 11.9. The normalized spacial score (nSPS) is 10.4. The number of rotatable bonds is 7. The number of carbonyl (C=O) groups is 2. The van der Waals surface area contributed by atoms with Gasteiger partial charge in [0.1, 0.15) is 11.5 Å². The molecule has 2 amide bonds. The fourth-order valence-corrected chi connectivity index (χ4v) is 3.20. The van der Waals surface area contributed by atoms with Crippen molar-refractivity contribution in [3.05, 3.63) is 35.2 Å². The molecule has 0 spiro atoms. The smallest absolute Gasteiger partial charge is 0.234 e. The molecular weight excluding hydrogens is 342 g/mol. The topological polar surface area (TPSA) is 93.5 Å². The monoisotopic (exact) mass is 363 g/mol. The SMILES string of the molecule is COc1ccc(NC(C)=O)cc1NC(=O)CSCc1c(C)noc1C. The van der Waals surface area contributed by atoms with E-state index in [-0.39, 0.29) is 17.6 Å². The Kier molecular flexibility index (Phi) is 6.46. The van der Waals surface area contributed by atoms with Gasteiger partial charge < -0.3 is 19.9 Å². The van der Waals surface area contributed by atoms with Crippen LogP contribution in [0.5, 0.6) is 5.75 Å². The van der Waals surface area contributed by atoms with Crippen molar-refractivity contribution in [1.29, 1.82) is 0 Å².